The second kappa shape index (κ2) is 7.54. The van der Waals surface area contributed by atoms with Crippen LogP contribution in [0.1, 0.15) is 50.5 Å². The SMILES string of the molecule is Cn1nc(C(=O)NCc2ccc(C#N)cc2)c2c1C(=O)N(CC1(SO)CC1)CC2. The molecule has 1 aromatic heterocycles. The molecule has 2 aromatic rings. The van der Waals surface area contributed by atoms with Crippen molar-refractivity contribution in [3.63, 3.8) is 0 Å². The highest BCUT2D eigenvalue weighted by Gasteiger charge is 2.47. The molecule has 2 aliphatic rings. The van der Waals surface area contributed by atoms with Crippen LogP contribution >= 0.6 is 12.0 Å². The Morgan fingerprint density at radius 3 is 2.72 bits per heavy atom. The van der Waals surface area contributed by atoms with Gasteiger partial charge in [-0.2, -0.15) is 10.4 Å². The number of carbonyl (C=O) groups excluding carboxylic acids is 2. The molecule has 1 fully saturated rings. The topological polar surface area (TPSA) is 111 Å². The Bertz CT molecular complexity index is 1000. The second-order valence-electron chi connectivity index (χ2n) is 7.54. The Kier molecular flexibility index (Phi) is 5.06. The van der Waals surface area contributed by atoms with Crippen molar-refractivity contribution in [1.29, 1.82) is 5.26 Å². The molecular formula is C20H21N5O3S. The van der Waals surface area contributed by atoms with E-state index >= 15 is 0 Å². The summed E-state index contributed by atoms with van der Waals surface area (Å²) in [5.41, 5.74) is 2.84. The zero-order valence-electron chi connectivity index (χ0n) is 16.0. The largest absolute Gasteiger partial charge is 0.347 e. The van der Waals surface area contributed by atoms with Crippen LogP contribution in [0.4, 0.5) is 0 Å². The average Bonchev–Trinajstić information content (AvgIpc) is 3.43. The van der Waals surface area contributed by atoms with Gasteiger partial charge in [0.05, 0.1) is 16.4 Å². The van der Waals surface area contributed by atoms with Crippen LogP contribution in [0.2, 0.25) is 0 Å². The standard InChI is InChI=1S/C20H21N5O3S/c1-24-17-15(6-9-25(19(17)27)12-20(29-28)7-8-20)16(23-24)18(26)22-11-14-4-2-13(10-21)3-5-14/h2-5,28H,6-9,11-12H2,1H3,(H,22,26). The molecule has 1 aliphatic heterocycles. The number of hydrogen-bond donors (Lipinski definition) is 2. The van der Waals surface area contributed by atoms with E-state index in [1.54, 1.807) is 36.2 Å². The number of carbonyl (C=O) groups is 2. The van der Waals surface area contributed by atoms with Gasteiger partial charge < -0.3 is 14.8 Å². The van der Waals surface area contributed by atoms with Crippen LogP contribution in [-0.4, -0.2) is 48.9 Å². The molecule has 0 radical (unpaired) electrons. The maximum atomic E-state index is 13.0. The third-order valence-electron chi connectivity index (χ3n) is 5.50. The zero-order chi connectivity index (χ0) is 20.6. The Morgan fingerprint density at radius 2 is 2.10 bits per heavy atom. The van der Waals surface area contributed by atoms with Crippen molar-refractivity contribution in [3.05, 3.63) is 52.3 Å². The Labute approximate surface area is 172 Å². The highest BCUT2D eigenvalue weighted by atomic mass is 32.2. The van der Waals surface area contributed by atoms with Gasteiger partial charge in [-0.15, -0.1) is 0 Å². The summed E-state index contributed by atoms with van der Waals surface area (Å²) in [5.74, 6) is -0.468. The number of aryl methyl sites for hydroxylation is 1. The first kappa shape index (κ1) is 19.5. The van der Waals surface area contributed by atoms with E-state index < -0.39 is 0 Å². The first-order valence-electron chi connectivity index (χ1n) is 9.41. The molecule has 8 nitrogen and oxygen atoms in total. The Hall–Kier alpha value is -2.83. The molecule has 2 N–H and O–H groups in total. The molecule has 150 valence electrons. The normalized spacial score (nSPS) is 16.9. The Balaban J connectivity index is 1.47. The van der Waals surface area contributed by atoms with Gasteiger partial charge >= 0.3 is 0 Å². The van der Waals surface area contributed by atoms with Crippen molar-refractivity contribution in [1.82, 2.24) is 20.0 Å². The van der Waals surface area contributed by atoms with E-state index in [4.69, 9.17) is 5.26 Å². The van der Waals surface area contributed by atoms with Crippen molar-refractivity contribution in [3.8, 4) is 6.07 Å². The van der Waals surface area contributed by atoms with E-state index in [1.165, 1.54) is 4.68 Å². The van der Waals surface area contributed by atoms with Crippen molar-refractivity contribution in [2.75, 3.05) is 13.1 Å². The molecule has 0 bridgehead atoms. The number of fused-ring (bicyclic) bond motifs is 1. The Morgan fingerprint density at radius 1 is 1.38 bits per heavy atom. The number of nitrogens with zero attached hydrogens (tertiary/aromatic N) is 4. The summed E-state index contributed by atoms with van der Waals surface area (Å²) >= 11 is 0.838. The summed E-state index contributed by atoms with van der Waals surface area (Å²) in [7, 11) is 1.67. The maximum Gasteiger partial charge on any atom is 0.272 e. The van der Waals surface area contributed by atoms with Gasteiger partial charge in [0, 0.05) is 32.2 Å². The van der Waals surface area contributed by atoms with E-state index in [-0.39, 0.29) is 22.3 Å². The van der Waals surface area contributed by atoms with Gasteiger partial charge in [-0.25, -0.2) is 0 Å². The van der Waals surface area contributed by atoms with Gasteiger partial charge in [-0.1, -0.05) is 12.1 Å². The molecule has 29 heavy (non-hydrogen) atoms. The molecule has 0 saturated heterocycles. The first-order chi connectivity index (χ1) is 14.0. The third-order valence-corrected chi connectivity index (χ3v) is 6.42. The molecule has 1 aliphatic carbocycles. The van der Waals surface area contributed by atoms with Crippen LogP contribution in [0.5, 0.6) is 0 Å². The molecular weight excluding hydrogens is 390 g/mol. The van der Waals surface area contributed by atoms with Crippen molar-refractivity contribution < 1.29 is 14.1 Å². The minimum absolute atomic E-state index is 0.146. The third kappa shape index (κ3) is 3.73. The molecule has 1 saturated carbocycles. The van der Waals surface area contributed by atoms with E-state index in [0.29, 0.717) is 42.9 Å². The van der Waals surface area contributed by atoms with Crippen molar-refractivity contribution in [2.45, 2.75) is 30.6 Å². The molecule has 0 unspecified atom stereocenters. The average molecular weight is 411 g/mol. The smallest absolute Gasteiger partial charge is 0.272 e. The molecule has 9 heteroatoms. The number of benzene rings is 1. The fourth-order valence-corrected chi connectivity index (χ4v) is 4.13. The van der Waals surface area contributed by atoms with E-state index in [2.05, 4.69) is 16.5 Å². The molecule has 1 aromatic carbocycles. The van der Waals surface area contributed by atoms with Gasteiger partial charge in [0.2, 0.25) is 0 Å². The number of nitriles is 1. The van der Waals surface area contributed by atoms with E-state index in [1.807, 2.05) is 0 Å². The summed E-state index contributed by atoms with van der Waals surface area (Å²) in [4.78, 5) is 27.4. The molecule has 0 spiro atoms. The lowest BCUT2D eigenvalue weighted by atomic mass is 10.0. The van der Waals surface area contributed by atoms with Crippen LogP contribution in [0.15, 0.2) is 24.3 Å². The zero-order valence-corrected chi connectivity index (χ0v) is 16.8. The molecule has 0 atom stereocenters. The molecule has 2 heterocycles. The van der Waals surface area contributed by atoms with Crippen molar-refractivity contribution in [2.24, 2.45) is 7.05 Å². The van der Waals surface area contributed by atoms with Crippen LogP contribution in [0.3, 0.4) is 0 Å². The fourth-order valence-electron chi connectivity index (χ4n) is 3.63. The highest BCUT2D eigenvalue weighted by Crippen LogP contribution is 2.47. The van der Waals surface area contributed by atoms with Gasteiger partial charge in [0.25, 0.3) is 11.8 Å². The van der Waals surface area contributed by atoms with Crippen LogP contribution < -0.4 is 5.32 Å². The lowest BCUT2D eigenvalue weighted by Crippen LogP contribution is -2.43. The number of amides is 2. The summed E-state index contributed by atoms with van der Waals surface area (Å²) in [5, 5.41) is 16.0. The lowest BCUT2D eigenvalue weighted by Gasteiger charge is -2.29. The summed E-state index contributed by atoms with van der Waals surface area (Å²) in [6, 6.07) is 9.05. The number of hydrogen-bond acceptors (Lipinski definition) is 6. The van der Waals surface area contributed by atoms with Gasteiger partial charge in [0.1, 0.15) is 5.69 Å². The van der Waals surface area contributed by atoms with Crippen LogP contribution in [0, 0.1) is 11.3 Å². The van der Waals surface area contributed by atoms with E-state index in [0.717, 1.165) is 30.4 Å². The highest BCUT2D eigenvalue weighted by molar-refractivity contribution is 7.95. The summed E-state index contributed by atoms with van der Waals surface area (Å²) in [6.45, 7) is 1.33. The molecule has 2 amide bonds. The summed E-state index contributed by atoms with van der Waals surface area (Å²) in [6.07, 6.45) is 2.36. The quantitative estimate of drug-likeness (QED) is 0.703. The first-order valence-corrected chi connectivity index (χ1v) is 10.2. The second-order valence-corrected chi connectivity index (χ2v) is 8.59. The molecule has 4 rings (SSSR count). The van der Waals surface area contributed by atoms with E-state index in [9.17, 15) is 14.1 Å². The predicted octanol–water partition coefficient (Wildman–Crippen LogP) is 1.96. The van der Waals surface area contributed by atoms with Crippen LogP contribution in [-0.2, 0) is 20.0 Å². The van der Waals surface area contributed by atoms with Crippen LogP contribution in [0.25, 0.3) is 0 Å². The van der Waals surface area contributed by atoms with Gasteiger partial charge in [0.15, 0.2) is 5.69 Å². The van der Waals surface area contributed by atoms with Gasteiger partial charge in [-0.3, -0.25) is 14.3 Å². The fraction of sp³-hybridized carbons (Fsp3) is 0.400. The number of aromatic nitrogens is 2. The lowest BCUT2D eigenvalue weighted by molar-refractivity contribution is 0.0725. The summed E-state index contributed by atoms with van der Waals surface area (Å²) < 4.78 is 10.7. The minimum atomic E-state index is -0.322. The van der Waals surface area contributed by atoms with Gasteiger partial charge in [-0.05, 0) is 49.0 Å². The minimum Gasteiger partial charge on any atom is -0.347 e. The monoisotopic (exact) mass is 411 g/mol. The van der Waals surface area contributed by atoms with Crippen molar-refractivity contribution >= 4 is 23.9 Å². The predicted molar refractivity (Wildman–Crippen MR) is 107 cm³/mol. The number of nitrogens with one attached hydrogen (secondary N) is 1. The maximum absolute atomic E-state index is 13.0. The number of rotatable bonds is 6.